The van der Waals surface area contributed by atoms with Gasteiger partial charge < -0.3 is 9.47 Å². The molecule has 2 amide bonds. The maximum atomic E-state index is 12.3. The van der Waals surface area contributed by atoms with Crippen LogP contribution >= 0.6 is 0 Å². The molecule has 1 saturated heterocycles. The summed E-state index contributed by atoms with van der Waals surface area (Å²) >= 11 is 0. The molecule has 0 spiro atoms. The van der Waals surface area contributed by atoms with Gasteiger partial charge >= 0.3 is 12.1 Å². The fourth-order valence-corrected chi connectivity index (χ4v) is 2.05. The molecule has 0 bridgehead atoms. The highest BCUT2D eigenvalue weighted by molar-refractivity contribution is 6.08. The van der Waals surface area contributed by atoms with Gasteiger partial charge in [0.1, 0.15) is 11.6 Å². The lowest BCUT2D eigenvalue weighted by Crippen LogP contribution is -2.46. The molecule has 0 N–H and O–H groups in total. The smallest absolute Gasteiger partial charge is 0.418 e. The summed E-state index contributed by atoms with van der Waals surface area (Å²) in [7, 11) is 0. The van der Waals surface area contributed by atoms with Gasteiger partial charge in [-0.25, -0.2) is 14.5 Å². The Balaban J connectivity index is 3.04. The summed E-state index contributed by atoms with van der Waals surface area (Å²) in [5.74, 6) is -1.07. The highest BCUT2D eigenvalue weighted by Gasteiger charge is 2.45. The molecule has 6 heteroatoms. The van der Waals surface area contributed by atoms with Crippen molar-refractivity contribution in [2.24, 2.45) is 0 Å². The zero-order chi connectivity index (χ0) is 16.2. The number of carbonyl (C=O) groups excluding carboxylic acids is 3. The number of hydrogen-bond acceptors (Lipinski definition) is 5. The number of ether oxygens (including phenoxy) is 2. The monoisotopic (exact) mass is 297 g/mol. The van der Waals surface area contributed by atoms with Gasteiger partial charge in [-0.15, -0.1) is 0 Å². The van der Waals surface area contributed by atoms with E-state index in [0.717, 1.165) is 4.90 Å². The molecule has 1 atom stereocenters. The number of allylic oxidation sites excluding steroid dienone is 1. The molecule has 6 nitrogen and oxygen atoms in total. The van der Waals surface area contributed by atoms with Gasteiger partial charge in [0.05, 0.1) is 6.61 Å². The van der Waals surface area contributed by atoms with Crippen LogP contribution in [0.5, 0.6) is 0 Å². The van der Waals surface area contributed by atoms with Crippen molar-refractivity contribution < 1.29 is 23.9 Å². The molecule has 1 fully saturated rings. The van der Waals surface area contributed by atoms with Crippen molar-refractivity contribution in [1.29, 1.82) is 0 Å². The SMILES string of the molecule is CC/C=C1\C[C@@H](C(=O)OCC)N(C(=O)OC(C)(C)C)C1=O. The Morgan fingerprint density at radius 2 is 1.95 bits per heavy atom. The maximum Gasteiger partial charge on any atom is 0.418 e. The van der Waals surface area contributed by atoms with Crippen LogP contribution < -0.4 is 0 Å². The minimum absolute atomic E-state index is 0.171. The first kappa shape index (κ1) is 17.2. The number of amides is 2. The molecule has 1 heterocycles. The van der Waals surface area contributed by atoms with Crippen LogP contribution in [-0.2, 0) is 19.1 Å². The van der Waals surface area contributed by atoms with Gasteiger partial charge in [0.2, 0.25) is 0 Å². The quantitative estimate of drug-likeness (QED) is 0.591. The van der Waals surface area contributed by atoms with Crippen molar-refractivity contribution in [3.05, 3.63) is 11.6 Å². The lowest BCUT2D eigenvalue weighted by Gasteiger charge is -2.26. The molecule has 1 aliphatic heterocycles. The van der Waals surface area contributed by atoms with Crippen molar-refractivity contribution in [2.45, 2.75) is 59.1 Å². The minimum atomic E-state index is -0.940. The van der Waals surface area contributed by atoms with E-state index in [2.05, 4.69) is 0 Å². The van der Waals surface area contributed by atoms with Crippen LogP contribution in [0.25, 0.3) is 0 Å². The molecular weight excluding hydrogens is 274 g/mol. The number of nitrogens with zero attached hydrogens (tertiary/aromatic N) is 1. The third-order valence-electron chi connectivity index (χ3n) is 2.82. The first-order chi connectivity index (χ1) is 9.71. The second-order valence-electron chi connectivity index (χ2n) is 5.77. The molecule has 21 heavy (non-hydrogen) atoms. The van der Waals surface area contributed by atoms with Gasteiger partial charge in [-0.1, -0.05) is 13.0 Å². The zero-order valence-electron chi connectivity index (χ0n) is 13.3. The summed E-state index contributed by atoms with van der Waals surface area (Å²) in [6, 6.07) is -0.940. The Morgan fingerprint density at radius 1 is 1.33 bits per heavy atom. The van der Waals surface area contributed by atoms with E-state index in [1.165, 1.54) is 0 Å². The molecule has 1 aliphatic rings. The number of carbonyl (C=O) groups is 3. The number of hydrogen-bond donors (Lipinski definition) is 0. The molecule has 0 aromatic rings. The highest BCUT2D eigenvalue weighted by atomic mass is 16.6. The normalized spacial score (nSPS) is 20.8. The summed E-state index contributed by atoms with van der Waals surface area (Å²) in [5, 5.41) is 0. The molecule has 1 rings (SSSR count). The molecular formula is C15H23NO5. The predicted octanol–water partition coefficient (Wildman–Crippen LogP) is 2.42. The minimum Gasteiger partial charge on any atom is -0.464 e. The van der Waals surface area contributed by atoms with Crippen molar-refractivity contribution in [3.63, 3.8) is 0 Å². The molecule has 0 saturated carbocycles. The third-order valence-corrected chi connectivity index (χ3v) is 2.82. The average Bonchev–Trinajstić information content (AvgIpc) is 2.66. The molecule has 0 unspecified atom stereocenters. The maximum absolute atomic E-state index is 12.3. The first-order valence-electron chi connectivity index (χ1n) is 7.13. The Kier molecular flexibility index (Phi) is 5.52. The zero-order valence-corrected chi connectivity index (χ0v) is 13.3. The van der Waals surface area contributed by atoms with E-state index in [4.69, 9.17) is 9.47 Å². The second-order valence-corrected chi connectivity index (χ2v) is 5.77. The Hall–Kier alpha value is -1.85. The predicted molar refractivity (Wildman–Crippen MR) is 76.5 cm³/mol. The summed E-state index contributed by atoms with van der Waals surface area (Å²) in [4.78, 5) is 37.3. The van der Waals surface area contributed by atoms with E-state index in [-0.39, 0.29) is 13.0 Å². The summed E-state index contributed by atoms with van der Waals surface area (Å²) in [6.45, 7) is 8.86. The van der Waals surface area contributed by atoms with Crippen LogP contribution in [0.15, 0.2) is 11.6 Å². The fraction of sp³-hybridized carbons (Fsp3) is 0.667. The summed E-state index contributed by atoms with van der Waals surface area (Å²) < 4.78 is 10.2. The van der Waals surface area contributed by atoms with E-state index in [0.29, 0.717) is 12.0 Å². The van der Waals surface area contributed by atoms with Crippen LogP contribution in [0.2, 0.25) is 0 Å². The van der Waals surface area contributed by atoms with E-state index < -0.39 is 29.6 Å². The van der Waals surface area contributed by atoms with E-state index in [1.807, 2.05) is 6.92 Å². The standard InChI is InChI=1S/C15H23NO5/c1-6-8-10-9-11(13(18)20-7-2)16(12(10)17)14(19)21-15(3,4)5/h8,11H,6-7,9H2,1-5H3/b10-8+/t11-/m0/s1. The second kappa shape index (κ2) is 6.74. The van der Waals surface area contributed by atoms with Crippen LogP contribution in [0.1, 0.15) is 47.5 Å². The molecule has 118 valence electrons. The van der Waals surface area contributed by atoms with Crippen molar-refractivity contribution in [1.82, 2.24) is 4.90 Å². The van der Waals surface area contributed by atoms with E-state index >= 15 is 0 Å². The first-order valence-corrected chi connectivity index (χ1v) is 7.13. The van der Waals surface area contributed by atoms with Gasteiger partial charge in [0.15, 0.2) is 0 Å². The van der Waals surface area contributed by atoms with Crippen LogP contribution in [0.3, 0.4) is 0 Å². The largest absolute Gasteiger partial charge is 0.464 e. The van der Waals surface area contributed by atoms with Gasteiger partial charge in [-0.2, -0.15) is 0 Å². The number of likely N-dealkylation sites (tertiary alicyclic amines) is 1. The summed E-state index contributed by atoms with van der Waals surface area (Å²) in [5.41, 5.74) is -0.297. The van der Waals surface area contributed by atoms with Crippen LogP contribution in [0, 0.1) is 0 Å². The van der Waals surface area contributed by atoms with Crippen molar-refractivity contribution >= 4 is 18.0 Å². The third kappa shape index (κ3) is 4.31. The Morgan fingerprint density at radius 3 is 2.43 bits per heavy atom. The van der Waals surface area contributed by atoms with Gasteiger partial charge in [0.25, 0.3) is 5.91 Å². The summed E-state index contributed by atoms with van der Waals surface area (Å²) in [6.07, 6.45) is 1.73. The van der Waals surface area contributed by atoms with Crippen LogP contribution in [-0.4, -0.2) is 41.1 Å². The molecule has 0 aromatic heterocycles. The number of rotatable bonds is 3. The van der Waals surface area contributed by atoms with Gasteiger partial charge in [-0.3, -0.25) is 4.79 Å². The topological polar surface area (TPSA) is 72.9 Å². The van der Waals surface area contributed by atoms with Crippen molar-refractivity contribution in [3.8, 4) is 0 Å². The van der Waals surface area contributed by atoms with E-state index in [9.17, 15) is 14.4 Å². The Labute approximate surface area is 125 Å². The Bertz CT molecular complexity index is 461. The average molecular weight is 297 g/mol. The van der Waals surface area contributed by atoms with Gasteiger partial charge in [-0.05, 0) is 34.1 Å². The van der Waals surface area contributed by atoms with E-state index in [1.54, 1.807) is 33.8 Å². The molecule has 0 aromatic carbocycles. The van der Waals surface area contributed by atoms with Crippen molar-refractivity contribution in [2.75, 3.05) is 6.61 Å². The fourth-order valence-electron chi connectivity index (χ4n) is 2.05. The van der Waals surface area contributed by atoms with Crippen LogP contribution in [0.4, 0.5) is 4.79 Å². The lowest BCUT2D eigenvalue weighted by molar-refractivity contribution is -0.150. The lowest BCUT2D eigenvalue weighted by atomic mass is 10.1. The highest BCUT2D eigenvalue weighted by Crippen LogP contribution is 2.27. The number of esters is 1. The van der Waals surface area contributed by atoms with Gasteiger partial charge in [0, 0.05) is 12.0 Å². The molecule has 0 radical (unpaired) electrons. The molecule has 0 aliphatic carbocycles. The number of imide groups is 1.